The first-order valence-electron chi connectivity index (χ1n) is 8.03. The van der Waals surface area contributed by atoms with Crippen LogP contribution in [0.4, 0.5) is 17.6 Å². The van der Waals surface area contributed by atoms with Crippen molar-refractivity contribution < 1.29 is 32.2 Å². The van der Waals surface area contributed by atoms with Gasteiger partial charge in [-0.15, -0.1) is 0 Å². The number of carbonyl (C=O) groups is 1. The van der Waals surface area contributed by atoms with E-state index in [-0.39, 0.29) is 5.75 Å². The van der Waals surface area contributed by atoms with E-state index in [2.05, 4.69) is 0 Å². The van der Waals surface area contributed by atoms with Crippen molar-refractivity contribution in [2.75, 3.05) is 6.61 Å². The first-order chi connectivity index (χ1) is 12.2. The van der Waals surface area contributed by atoms with Gasteiger partial charge in [0.05, 0.1) is 5.92 Å². The van der Waals surface area contributed by atoms with E-state index in [0.29, 0.717) is 29.5 Å². The Morgan fingerprint density at radius 2 is 1.77 bits per heavy atom. The maximum atomic E-state index is 13.1. The molecule has 140 valence electrons. The molecule has 0 radical (unpaired) electrons. The number of hydrogen-bond acceptors (Lipinski definition) is 2. The third-order valence-electron chi connectivity index (χ3n) is 3.79. The Morgan fingerprint density at radius 3 is 2.31 bits per heavy atom. The molecule has 2 aromatic rings. The topological polar surface area (TPSA) is 46.5 Å². The summed E-state index contributed by atoms with van der Waals surface area (Å²) < 4.78 is 55.3. The number of ether oxygens (including phenoxy) is 1. The second-order valence-electron chi connectivity index (χ2n) is 5.88. The SMILES string of the molecule is CCCC(C(=O)O)c1cc(OCC(F)(F)F)cc(-c2ccc(F)cc2)c1. The van der Waals surface area contributed by atoms with Crippen LogP contribution in [0, 0.1) is 5.82 Å². The van der Waals surface area contributed by atoms with Crippen LogP contribution < -0.4 is 4.74 Å². The molecule has 0 saturated carbocycles. The third-order valence-corrected chi connectivity index (χ3v) is 3.79. The van der Waals surface area contributed by atoms with Crippen molar-refractivity contribution in [3.63, 3.8) is 0 Å². The van der Waals surface area contributed by atoms with Gasteiger partial charge in [0.15, 0.2) is 6.61 Å². The van der Waals surface area contributed by atoms with Gasteiger partial charge in [0.2, 0.25) is 0 Å². The van der Waals surface area contributed by atoms with Crippen LogP contribution in [0.2, 0.25) is 0 Å². The minimum absolute atomic E-state index is 0.0819. The second kappa shape index (κ2) is 8.21. The molecule has 0 amide bonds. The van der Waals surface area contributed by atoms with Gasteiger partial charge in [-0.3, -0.25) is 4.79 Å². The number of carboxylic acids is 1. The van der Waals surface area contributed by atoms with Crippen molar-refractivity contribution in [1.82, 2.24) is 0 Å². The highest BCUT2D eigenvalue weighted by Crippen LogP contribution is 2.32. The summed E-state index contributed by atoms with van der Waals surface area (Å²) in [5.41, 5.74) is 1.35. The summed E-state index contributed by atoms with van der Waals surface area (Å²) in [6.07, 6.45) is -3.58. The average Bonchev–Trinajstić information content (AvgIpc) is 2.57. The van der Waals surface area contributed by atoms with Crippen molar-refractivity contribution in [1.29, 1.82) is 0 Å². The number of rotatable bonds is 7. The van der Waals surface area contributed by atoms with Crippen LogP contribution in [0.3, 0.4) is 0 Å². The summed E-state index contributed by atoms with van der Waals surface area (Å²) in [6, 6.07) is 9.66. The molecule has 2 rings (SSSR count). The lowest BCUT2D eigenvalue weighted by Gasteiger charge is -2.17. The maximum absolute atomic E-state index is 13.1. The highest BCUT2D eigenvalue weighted by Gasteiger charge is 2.29. The van der Waals surface area contributed by atoms with E-state index in [1.54, 1.807) is 6.07 Å². The second-order valence-corrected chi connectivity index (χ2v) is 5.88. The smallest absolute Gasteiger partial charge is 0.422 e. The highest BCUT2D eigenvalue weighted by molar-refractivity contribution is 5.78. The number of halogens is 4. The van der Waals surface area contributed by atoms with Crippen molar-refractivity contribution in [2.45, 2.75) is 31.9 Å². The van der Waals surface area contributed by atoms with Crippen LogP contribution in [0.5, 0.6) is 5.75 Å². The number of carboxylic acid groups (broad SMARTS) is 1. The molecule has 0 bridgehead atoms. The number of hydrogen-bond donors (Lipinski definition) is 1. The summed E-state index contributed by atoms with van der Waals surface area (Å²) in [6.45, 7) is 0.339. The predicted molar refractivity (Wildman–Crippen MR) is 88.7 cm³/mol. The average molecular weight is 370 g/mol. The molecule has 0 aliphatic rings. The van der Waals surface area contributed by atoms with E-state index < -0.39 is 30.5 Å². The first-order valence-corrected chi connectivity index (χ1v) is 8.03. The van der Waals surface area contributed by atoms with Crippen molar-refractivity contribution in [3.8, 4) is 16.9 Å². The molecule has 7 heteroatoms. The van der Waals surface area contributed by atoms with Crippen LogP contribution in [0.1, 0.15) is 31.2 Å². The molecule has 0 saturated heterocycles. The Labute approximate surface area is 148 Å². The van der Waals surface area contributed by atoms with E-state index in [0.717, 1.165) is 0 Å². The van der Waals surface area contributed by atoms with E-state index >= 15 is 0 Å². The lowest BCUT2D eigenvalue weighted by molar-refractivity contribution is -0.153. The lowest BCUT2D eigenvalue weighted by Crippen LogP contribution is -2.19. The predicted octanol–water partition coefficient (Wildman–Crippen LogP) is 5.40. The molecule has 0 fully saturated rings. The summed E-state index contributed by atoms with van der Waals surface area (Å²) in [4.78, 5) is 11.5. The van der Waals surface area contributed by atoms with Gasteiger partial charge in [-0.05, 0) is 47.4 Å². The lowest BCUT2D eigenvalue weighted by atomic mass is 9.91. The van der Waals surface area contributed by atoms with Gasteiger partial charge in [-0.1, -0.05) is 31.5 Å². The van der Waals surface area contributed by atoms with E-state index in [1.165, 1.54) is 36.4 Å². The molecule has 1 unspecified atom stereocenters. The normalized spacial score (nSPS) is 12.7. The fourth-order valence-electron chi connectivity index (χ4n) is 2.60. The quantitative estimate of drug-likeness (QED) is 0.664. The third kappa shape index (κ3) is 5.47. The zero-order valence-electron chi connectivity index (χ0n) is 14.0. The Morgan fingerprint density at radius 1 is 1.12 bits per heavy atom. The van der Waals surface area contributed by atoms with Crippen LogP contribution in [0.15, 0.2) is 42.5 Å². The molecule has 0 spiro atoms. The number of alkyl halides is 3. The van der Waals surface area contributed by atoms with Crippen molar-refractivity contribution in [3.05, 3.63) is 53.8 Å². The van der Waals surface area contributed by atoms with Crippen molar-refractivity contribution >= 4 is 5.97 Å². The molecule has 3 nitrogen and oxygen atoms in total. The summed E-state index contributed by atoms with van der Waals surface area (Å²) in [5.74, 6) is -2.46. The van der Waals surface area contributed by atoms with Gasteiger partial charge >= 0.3 is 12.1 Å². The molecule has 1 atom stereocenters. The Kier molecular flexibility index (Phi) is 6.23. The fraction of sp³-hybridized carbons (Fsp3) is 0.316. The fourth-order valence-corrected chi connectivity index (χ4v) is 2.60. The van der Waals surface area contributed by atoms with Gasteiger partial charge in [0.1, 0.15) is 11.6 Å². The summed E-state index contributed by atoms with van der Waals surface area (Å²) >= 11 is 0. The van der Waals surface area contributed by atoms with Gasteiger partial charge in [0.25, 0.3) is 0 Å². The van der Waals surface area contributed by atoms with E-state index in [1.807, 2.05) is 6.92 Å². The van der Waals surface area contributed by atoms with Gasteiger partial charge in [-0.25, -0.2) is 4.39 Å². The molecule has 1 N–H and O–H groups in total. The Bertz CT molecular complexity index is 754. The zero-order valence-corrected chi connectivity index (χ0v) is 14.0. The molecular weight excluding hydrogens is 352 g/mol. The van der Waals surface area contributed by atoms with E-state index in [9.17, 15) is 27.5 Å². The van der Waals surface area contributed by atoms with Crippen LogP contribution in [-0.2, 0) is 4.79 Å². The first kappa shape index (κ1) is 19.8. The minimum Gasteiger partial charge on any atom is -0.484 e. The largest absolute Gasteiger partial charge is 0.484 e. The molecule has 0 aliphatic carbocycles. The highest BCUT2D eigenvalue weighted by atomic mass is 19.4. The van der Waals surface area contributed by atoms with Crippen molar-refractivity contribution in [2.24, 2.45) is 0 Å². The van der Waals surface area contributed by atoms with Crippen LogP contribution >= 0.6 is 0 Å². The summed E-state index contributed by atoms with van der Waals surface area (Å²) in [5, 5.41) is 9.44. The monoisotopic (exact) mass is 370 g/mol. The molecule has 26 heavy (non-hydrogen) atoms. The Hall–Kier alpha value is -2.57. The maximum Gasteiger partial charge on any atom is 0.422 e. The van der Waals surface area contributed by atoms with E-state index in [4.69, 9.17) is 4.74 Å². The molecule has 0 aromatic heterocycles. The molecular formula is C19H18F4O3. The standard InChI is InChI=1S/C19H18F4O3/c1-2-3-17(18(24)25)14-8-13(12-4-6-15(20)7-5-12)9-16(10-14)26-11-19(21,22)23/h4-10,17H,2-3,11H2,1H3,(H,24,25). The Balaban J connectivity index is 2.47. The zero-order chi connectivity index (χ0) is 19.3. The molecule has 0 aliphatic heterocycles. The number of benzene rings is 2. The van der Waals surface area contributed by atoms with Gasteiger partial charge in [-0.2, -0.15) is 13.2 Å². The number of aliphatic carboxylic acids is 1. The van der Waals surface area contributed by atoms with Crippen LogP contribution in [0.25, 0.3) is 11.1 Å². The van der Waals surface area contributed by atoms with Gasteiger partial charge in [0, 0.05) is 0 Å². The summed E-state index contributed by atoms with van der Waals surface area (Å²) in [7, 11) is 0. The molecule has 2 aromatic carbocycles. The molecule has 0 heterocycles. The minimum atomic E-state index is -4.51. The van der Waals surface area contributed by atoms with Crippen LogP contribution in [-0.4, -0.2) is 23.9 Å². The van der Waals surface area contributed by atoms with Gasteiger partial charge < -0.3 is 9.84 Å².